The zero-order chi connectivity index (χ0) is 18.8. The SMILES string of the molecule is COc1ccc(C(C)=O)cc1CSc1nc(NC2CC2)c2ccccc2n1. The molecule has 3 aromatic rings. The fraction of sp³-hybridized carbons (Fsp3) is 0.286. The molecule has 1 fully saturated rings. The van der Waals surface area contributed by atoms with Crippen molar-refractivity contribution in [1.82, 2.24) is 9.97 Å². The lowest BCUT2D eigenvalue weighted by Crippen LogP contribution is -2.05. The largest absolute Gasteiger partial charge is 0.496 e. The summed E-state index contributed by atoms with van der Waals surface area (Å²) >= 11 is 1.55. The number of ketones is 1. The minimum atomic E-state index is 0.0433. The van der Waals surface area contributed by atoms with E-state index < -0.39 is 0 Å². The maximum Gasteiger partial charge on any atom is 0.190 e. The van der Waals surface area contributed by atoms with Gasteiger partial charge in [0.15, 0.2) is 10.9 Å². The number of carbonyl (C=O) groups is 1. The van der Waals surface area contributed by atoms with Gasteiger partial charge >= 0.3 is 0 Å². The standard InChI is InChI=1S/C21H21N3O2S/c1-13(25)14-7-10-19(26-2)15(11-14)12-27-21-23-18-6-4-3-5-17(18)20(24-21)22-16-8-9-16/h3-7,10-11,16H,8-9,12H2,1-2H3,(H,22,23,24). The highest BCUT2D eigenvalue weighted by molar-refractivity contribution is 7.98. The summed E-state index contributed by atoms with van der Waals surface area (Å²) < 4.78 is 5.45. The van der Waals surface area contributed by atoms with Crippen molar-refractivity contribution >= 4 is 34.3 Å². The topological polar surface area (TPSA) is 64.1 Å². The maximum absolute atomic E-state index is 11.7. The van der Waals surface area contributed by atoms with Gasteiger partial charge in [0, 0.05) is 28.3 Å². The zero-order valence-electron chi connectivity index (χ0n) is 15.4. The van der Waals surface area contributed by atoms with Crippen molar-refractivity contribution < 1.29 is 9.53 Å². The molecule has 4 rings (SSSR count). The first kappa shape index (κ1) is 17.8. The maximum atomic E-state index is 11.7. The van der Waals surface area contributed by atoms with Gasteiger partial charge in [-0.2, -0.15) is 0 Å². The number of rotatable bonds is 7. The van der Waals surface area contributed by atoms with Crippen LogP contribution < -0.4 is 10.1 Å². The number of ether oxygens (including phenoxy) is 1. The van der Waals surface area contributed by atoms with E-state index >= 15 is 0 Å². The van der Waals surface area contributed by atoms with Crippen LogP contribution in [0.3, 0.4) is 0 Å². The molecule has 0 atom stereocenters. The third-order valence-corrected chi connectivity index (χ3v) is 5.44. The Morgan fingerprint density at radius 1 is 1.22 bits per heavy atom. The Kier molecular flexibility index (Phi) is 4.99. The molecule has 1 aliphatic carbocycles. The summed E-state index contributed by atoms with van der Waals surface area (Å²) in [5.41, 5.74) is 2.58. The van der Waals surface area contributed by atoms with E-state index in [1.807, 2.05) is 36.4 Å². The van der Waals surface area contributed by atoms with Crippen molar-refractivity contribution in [2.75, 3.05) is 12.4 Å². The minimum absolute atomic E-state index is 0.0433. The van der Waals surface area contributed by atoms with Crippen molar-refractivity contribution in [1.29, 1.82) is 0 Å². The van der Waals surface area contributed by atoms with E-state index in [1.54, 1.807) is 31.9 Å². The second-order valence-electron chi connectivity index (χ2n) is 6.66. The van der Waals surface area contributed by atoms with Crippen molar-refractivity contribution in [2.45, 2.75) is 36.7 Å². The monoisotopic (exact) mass is 379 g/mol. The first-order chi connectivity index (χ1) is 13.1. The molecule has 1 saturated carbocycles. The molecule has 5 nitrogen and oxygen atoms in total. The van der Waals surface area contributed by atoms with Crippen LogP contribution in [-0.4, -0.2) is 28.9 Å². The van der Waals surface area contributed by atoms with Gasteiger partial charge in [0.25, 0.3) is 0 Å². The Morgan fingerprint density at radius 2 is 2.04 bits per heavy atom. The average Bonchev–Trinajstić information content (AvgIpc) is 3.50. The summed E-state index contributed by atoms with van der Waals surface area (Å²) in [6.45, 7) is 1.57. The van der Waals surface area contributed by atoms with Gasteiger partial charge in [0.2, 0.25) is 0 Å². The second kappa shape index (κ2) is 7.56. The summed E-state index contributed by atoms with van der Waals surface area (Å²) in [7, 11) is 1.64. The number of anilines is 1. The van der Waals surface area contributed by atoms with Gasteiger partial charge in [0.1, 0.15) is 11.6 Å². The summed E-state index contributed by atoms with van der Waals surface area (Å²) in [5, 5.41) is 5.27. The number of nitrogens with one attached hydrogen (secondary N) is 1. The number of hydrogen-bond donors (Lipinski definition) is 1. The van der Waals surface area contributed by atoms with Crippen molar-refractivity contribution in [2.24, 2.45) is 0 Å². The summed E-state index contributed by atoms with van der Waals surface area (Å²) in [4.78, 5) is 21.1. The highest BCUT2D eigenvalue weighted by Crippen LogP contribution is 2.32. The van der Waals surface area contributed by atoms with E-state index in [-0.39, 0.29) is 5.78 Å². The van der Waals surface area contributed by atoms with Crippen LogP contribution in [0, 0.1) is 0 Å². The number of nitrogens with zero attached hydrogens (tertiary/aromatic N) is 2. The molecule has 0 saturated heterocycles. The lowest BCUT2D eigenvalue weighted by Gasteiger charge is -2.11. The number of hydrogen-bond acceptors (Lipinski definition) is 6. The third kappa shape index (κ3) is 4.06. The highest BCUT2D eigenvalue weighted by Gasteiger charge is 2.22. The molecule has 1 aliphatic rings. The minimum Gasteiger partial charge on any atom is -0.496 e. The highest BCUT2D eigenvalue weighted by atomic mass is 32.2. The van der Waals surface area contributed by atoms with Crippen LogP contribution >= 0.6 is 11.8 Å². The predicted molar refractivity (Wildman–Crippen MR) is 109 cm³/mol. The van der Waals surface area contributed by atoms with Crippen LogP contribution in [0.1, 0.15) is 35.7 Å². The van der Waals surface area contributed by atoms with E-state index in [2.05, 4.69) is 5.32 Å². The normalized spacial score (nSPS) is 13.6. The molecule has 2 aromatic carbocycles. The van der Waals surface area contributed by atoms with Gasteiger partial charge in [-0.3, -0.25) is 4.79 Å². The molecule has 1 heterocycles. The molecule has 1 aromatic heterocycles. The van der Waals surface area contributed by atoms with Crippen LogP contribution in [0.25, 0.3) is 10.9 Å². The van der Waals surface area contributed by atoms with Gasteiger partial charge in [-0.05, 0) is 50.1 Å². The molecular formula is C21H21N3O2S. The summed E-state index contributed by atoms with van der Waals surface area (Å²) in [6.07, 6.45) is 2.38. The van der Waals surface area contributed by atoms with E-state index in [0.717, 1.165) is 28.0 Å². The zero-order valence-corrected chi connectivity index (χ0v) is 16.2. The Balaban J connectivity index is 1.62. The van der Waals surface area contributed by atoms with Gasteiger partial charge in [-0.25, -0.2) is 9.97 Å². The Morgan fingerprint density at radius 3 is 2.78 bits per heavy atom. The Labute approximate surface area is 162 Å². The van der Waals surface area contributed by atoms with Crippen LogP contribution in [0.4, 0.5) is 5.82 Å². The lowest BCUT2D eigenvalue weighted by molar-refractivity contribution is 0.101. The molecule has 0 amide bonds. The smallest absolute Gasteiger partial charge is 0.190 e. The van der Waals surface area contributed by atoms with Crippen LogP contribution in [0.2, 0.25) is 0 Å². The van der Waals surface area contributed by atoms with Crippen molar-refractivity contribution in [3.8, 4) is 5.75 Å². The first-order valence-electron chi connectivity index (χ1n) is 8.98. The van der Waals surface area contributed by atoms with E-state index in [4.69, 9.17) is 14.7 Å². The van der Waals surface area contributed by atoms with Crippen LogP contribution in [0.5, 0.6) is 5.75 Å². The van der Waals surface area contributed by atoms with Gasteiger partial charge in [-0.15, -0.1) is 0 Å². The molecule has 0 radical (unpaired) electrons. The molecule has 0 unspecified atom stereocenters. The molecule has 1 N–H and O–H groups in total. The summed E-state index contributed by atoms with van der Waals surface area (Å²) in [6, 6.07) is 14.1. The fourth-order valence-electron chi connectivity index (χ4n) is 2.90. The van der Waals surface area contributed by atoms with E-state index in [9.17, 15) is 4.79 Å². The molecule has 27 heavy (non-hydrogen) atoms. The van der Waals surface area contributed by atoms with Crippen LogP contribution in [0.15, 0.2) is 47.6 Å². The summed E-state index contributed by atoms with van der Waals surface area (Å²) in [5.74, 6) is 2.34. The Hall–Kier alpha value is -2.60. The third-order valence-electron chi connectivity index (χ3n) is 4.54. The number of thioether (sulfide) groups is 1. The van der Waals surface area contributed by atoms with Crippen molar-refractivity contribution in [3.05, 3.63) is 53.6 Å². The Bertz CT molecular complexity index is 1000. The molecule has 0 bridgehead atoms. The first-order valence-corrected chi connectivity index (χ1v) is 9.96. The van der Waals surface area contributed by atoms with E-state index in [0.29, 0.717) is 22.5 Å². The van der Waals surface area contributed by atoms with Gasteiger partial charge in [-0.1, -0.05) is 23.9 Å². The number of Topliss-reactive ketones (excluding diaryl/α,β-unsaturated/α-hetero) is 1. The fourth-order valence-corrected chi connectivity index (χ4v) is 3.73. The van der Waals surface area contributed by atoms with Crippen molar-refractivity contribution in [3.63, 3.8) is 0 Å². The number of para-hydroxylation sites is 1. The van der Waals surface area contributed by atoms with E-state index in [1.165, 1.54) is 12.8 Å². The van der Waals surface area contributed by atoms with Gasteiger partial charge < -0.3 is 10.1 Å². The number of fused-ring (bicyclic) bond motifs is 1. The number of carbonyl (C=O) groups excluding carboxylic acids is 1. The lowest BCUT2D eigenvalue weighted by atomic mass is 10.1. The predicted octanol–water partition coefficient (Wildman–Crippen LogP) is 4.71. The molecular weight excluding hydrogens is 358 g/mol. The number of aromatic nitrogens is 2. The molecule has 138 valence electrons. The quantitative estimate of drug-likeness (QED) is 0.364. The van der Waals surface area contributed by atoms with Crippen LogP contribution in [-0.2, 0) is 5.75 Å². The molecule has 0 spiro atoms. The second-order valence-corrected chi connectivity index (χ2v) is 7.60. The van der Waals surface area contributed by atoms with Gasteiger partial charge in [0.05, 0.1) is 12.6 Å². The molecule has 0 aliphatic heterocycles. The molecule has 6 heteroatoms. The average molecular weight is 379 g/mol. The number of benzene rings is 2. The number of methoxy groups -OCH3 is 1.